The molecule has 4 aromatic rings. The number of amides is 1. The van der Waals surface area contributed by atoms with Crippen molar-refractivity contribution in [1.29, 1.82) is 0 Å². The number of fused-ring (bicyclic) bond motifs is 1. The summed E-state index contributed by atoms with van der Waals surface area (Å²) >= 11 is 1.05. The number of para-hydroxylation sites is 1. The molecule has 1 aromatic heterocycles. The molecule has 0 aliphatic heterocycles. The molecule has 1 heterocycles. The van der Waals surface area contributed by atoms with Gasteiger partial charge in [-0.2, -0.15) is 0 Å². The number of aromatic nitrogens is 2. The van der Waals surface area contributed by atoms with Crippen LogP contribution < -0.4 is 10.9 Å². The van der Waals surface area contributed by atoms with Crippen LogP contribution in [0.1, 0.15) is 12.5 Å². The molecular weight excluding hydrogens is 459 g/mol. The third-order valence-electron chi connectivity index (χ3n) is 5.16. The molecule has 10 heteroatoms. The van der Waals surface area contributed by atoms with E-state index >= 15 is 0 Å². The van der Waals surface area contributed by atoms with Crippen LogP contribution in [0.2, 0.25) is 0 Å². The zero-order valence-corrected chi connectivity index (χ0v) is 19.0. The molecule has 172 valence electrons. The lowest BCUT2D eigenvalue weighted by Crippen LogP contribution is -2.26. The van der Waals surface area contributed by atoms with Gasteiger partial charge >= 0.3 is 0 Å². The average Bonchev–Trinajstić information content (AvgIpc) is 2.81. The van der Waals surface area contributed by atoms with E-state index in [4.69, 9.17) is 0 Å². The van der Waals surface area contributed by atoms with Crippen molar-refractivity contribution in [3.05, 3.63) is 98.6 Å². The number of anilines is 1. The smallest absolute Gasteiger partial charge is 0.269 e. The standard InChI is InChI=1S/C24H19FN4O4S/c1-14-7-10-18(13-20(14)25)28-23(31)19-5-3-4-6-21(19)27-24(28)34-15(2)22(30)26-16-8-11-17(12-9-16)29(32)33/h3-13,15H,1-2H3,(H,26,30). The van der Waals surface area contributed by atoms with Gasteiger partial charge in [-0.25, -0.2) is 9.37 Å². The molecule has 1 unspecified atom stereocenters. The summed E-state index contributed by atoms with van der Waals surface area (Å²) < 4.78 is 15.6. The number of carbonyl (C=O) groups is 1. The number of nitrogens with zero attached hydrogens (tertiary/aromatic N) is 3. The largest absolute Gasteiger partial charge is 0.325 e. The van der Waals surface area contributed by atoms with E-state index < -0.39 is 16.0 Å². The summed E-state index contributed by atoms with van der Waals surface area (Å²) in [5.41, 5.74) is 1.14. The van der Waals surface area contributed by atoms with Gasteiger partial charge in [-0.05, 0) is 55.8 Å². The minimum absolute atomic E-state index is 0.0878. The molecule has 8 nitrogen and oxygen atoms in total. The molecule has 0 radical (unpaired) electrons. The maximum absolute atomic E-state index is 14.3. The molecule has 0 saturated carbocycles. The fourth-order valence-electron chi connectivity index (χ4n) is 3.26. The van der Waals surface area contributed by atoms with Crippen LogP contribution in [0.5, 0.6) is 0 Å². The quantitative estimate of drug-likeness (QED) is 0.184. The topological polar surface area (TPSA) is 107 Å². The highest BCUT2D eigenvalue weighted by atomic mass is 32.2. The van der Waals surface area contributed by atoms with E-state index in [0.29, 0.717) is 27.8 Å². The average molecular weight is 479 g/mol. The van der Waals surface area contributed by atoms with Gasteiger partial charge in [-0.1, -0.05) is 30.0 Å². The second-order valence-corrected chi connectivity index (χ2v) is 8.85. The first-order valence-electron chi connectivity index (χ1n) is 10.2. The second-order valence-electron chi connectivity index (χ2n) is 7.54. The summed E-state index contributed by atoms with van der Waals surface area (Å²) in [4.78, 5) is 41.0. The number of carbonyl (C=O) groups excluding carboxylic acids is 1. The van der Waals surface area contributed by atoms with Crippen LogP contribution in [0.3, 0.4) is 0 Å². The monoisotopic (exact) mass is 478 g/mol. The lowest BCUT2D eigenvalue weighted by atomic mass is 10.2. The number of thioether (sulfide) groups is 1. The lowest BCUT2D eigenvalue weighted by Gasteiger charge is -2.17. The predicted molar refractivity (Wildman–Crippen MR) is 129 cm³/mol. The third-order valence-corrected chi connectivity index (χ3v) is 6.21. The van der Waals surface area contributed by atoms with Gasteiger partial charge in [0.2, 0.25) is 5.91 Å². The van der Waals surface area contributed by atoms with Crippen LogP contribution in [0.15, 0.2) is 76.7 Å². The normalized spacial score (nSPS) is 11.9. The minimum atomic E-state index is -0.690. The fraction of sp³-hybridized carbons (Fsp3) is 0.125. The third kappa shape index (κ3) is 4.67. The Hall–Kier alpha value is -4.05. The van der Waals surface area contributed by atoms with Gasteiger partial charge in [-0.15, -0.1) is 0 Å². The molecule has 3 aromatic carbocycles. The summed E-state index contributed by atoms with van der Waals surface area (Å²) in [7, 11) is 0. The van der Waals surface area contributed by atoms with E-state index in [0.717, 1.165) is 11.8 Å². The van der Waals surface area contributed by atoms with Gasteiger partial charge in [-0.3, -0.25) is 24.3 Å². The van der Waals surface area contributed by atoms with E-state index in [9.17, 15) is 24.1 Å². The Kier molecular flexibility index (Phi) is 6.42. The number of aryl methyl sites for hydroxylation is 1. The molecule has 4 rings (SSSR count). The van der Waals surface area contributed by atoms with Gasteiger partial charge in [0, 0.05) is 17.8 Å². The Labute approximate surface area is 197 Å². The number of hydrogen-bond acceptors (Lipinski definition) is 6. The second kappa shape index (κ2) is 9.44. The van der Waals surface area contributed by atoms with E-state index in [1.54, 1.807) is 50.2 Å². The van der Waals surface area contributed by atoms with Gasteiger partial charge in [0.05, 0.1) is 26.8 Å². The Morgan fingerprint density at radius 2 is 1.85 bits per heavy atom. The molecule has 1 atom stereocenters. The van der Waals surface area contributed by atoms with Crippen molar-refractivity contribution >= 4 is 39.9 Å². The van der Waals surface area contributed by atoms with E-state index in [2.05, 4.69) is 10.3 Å². The highest BCUT2D eigenvalue weighted by molar-refractivity contribution is 8.00. The maximum atomic E-state index is 14.3. The minimum Gasteiger partial charge on any atom is -0.325 e. The molecule has 0 spiro atoms. The molecule has 0 saturated heterocycles. The predicted octanol–water partition coefficient (Wildman–Crippen LogP) is 4.86. The highest BCUT2D eigenvalue weighted by Crippen LogP contribution is 2.27. The number of rotatable bonds is 6. The first-order chi connectivity index (χ1) is 16.2. The number of benzene rings is 3. The van der Waals surface area contributed by atoms with E-state index in [-0.39, 0.29) is 22.3 Å². The molecule has 0 aliphatic carbocycles. The molecule has 1 N–H and O–H groups in total. The Balaban J connectivity index is 1.68. The molecule has 0 bridgehead atoms. The molecule has 1 amide bonds. The van der Waals surface area contributed by atoms with Crippen LogP contribution in [0, 0.1) is 22.9 Å². The Morgan fingerprint density at radius 3 is 2.53 bits per heavy atom. The van der Waals surface area contributed by atoms with Crippen molar-refractivity contribution < 1.29 is 14.1 Å². The summed E-state index contributed by atoms with van der Waals surface area (Å²) in [6.07, 6.45) is 0. The van der Waals surface area contributed by atoms with Crippen LogP contribution >= 0.6 is 11.8 Å². The first kappa shape index (κ1) is 23.1. The van der Waals surface area contributed by atoms with E-state index in [1.165, 1.54) is 34.9 Å². The lowest BCUT2D eigenvalue weighted by molar-refractivity contribution is -0.384. The molecule has 0 aliphatic rings. The van der Waals surface area contributed by atoms with Crippen molar-refractivity contribution in [2.24, 2.45) is 0 Å². The van der Waals surface area contributed by atoms with Crippen LogP contribution in [-0.2, 0) is 4.79 Å². The Morgan fingerprint density at radius 1 is 1.15 bits per heavy atom. The van der Waals surface area contributed by atoms with Gasteiger partial charge in [0.15, 0.2) is 5.16 Å². The summed E-state index contributed by atoms with van der Waals surface area (Å²) in [5, 5.41) is 13.4. The van der Waals surface area contributed by atoms with Crippen LogP contribution in [-0.4, -0.2) is 25.6 Å². The zero-order valence-electron chi connectivity index (χ0n) is 18.2. The van der Waals surface area contributed by atoms with Crippen molar-refractivity contribution in [2.75, 3.05) is 5.32 Å². The number of nitro benzene ring substituents is 1. The summed E-state index contributed by atoms with van der Waals surface area (Å²) in [6, 6.07) is 16.7. The first-order valence-corrected chi connectivity index (χ1v) is 11.1. The van der Waals surface area contributed by atoms with Crippen molar-refractivity contribution in [3.8, 4) is 5.69 Å². The summed E-state index contributed by atoms with van der Waals surface area (Å²) in [5.74, 6) is -0.847. The number of nitro groups is 1. The molecular formula is C24H19FN4O4S. The van der Waals surface area contributed by atoms with Crippen LogP contribution in [0.25, 0.3) is 16.6 Å². The number of non-ortho nitro benzene ring substituents is 1. The number of nitrogens with one attached hydrogen (secondary N) is 1. The molecule has 0 fully saturated rings. The number of hydrogen-bond donors (Lipinski definition) is 1. The maximum Gasteiger partial charge on any atom is 0.269 e. The highest BCUT2D eigenvalue weighted by Gasteiger charge is 2.21. The van der Waals surface area contributed by atoms with Crippen molar-refractivity contribution in [2.45, 2.75) is 24.3 Å². The van der Waals surface area contributed by atoms with Gasteiger partial charge < -0.3 is 5.32 Å². The SMILES string of the molecule is Cc1ccc(-n2c(SC(C)C(=O)Nc3ccc([N+](=O)[O-])cc3)nc3ccccc3c2=O)cc1F. The van der Waals surface area contributed by atoms with Gasteiger partial charge in [0.25, 0.3) is 11.2 Å². The van der Waals surface area contributed by atoms with Crippen LogP contribution in [0.4, 0.5) is 15.8 Å². The molecule has 34 heavy (non-hydrogen) atoms. The Bertz CT molecular complexity index is 1470. The van der Waals surface area contributed by atoms with E-state index in [1.807, 2.05) is 0 Å². The number of halogens is 1. The fourth-order valence-corrected chi connectivity index (χ4v) is 4.19. The summed E-state index contributed by atoms with van der Waals surface area (Å²) in [6.45, 7) is 3.27. The zero-order chi connectivity index (χ0) is 24.4. The van der Waals surface area contributed by atoms with Gasteiger partial charge in [0.1, 0.15) is 5.82 Å². The van der Waals surface area contributed by atoms with Crippen molar-refractivity contribution in [1.82, 2.24) is 9.55 Å². The van der Waals surface area contributed by atoms with Crippen molar-refractivity contribution in [3.63, 3.8) is 0 Å².